The van der Waals surface area contributed by atoms with Crippen LogP contribution in [-0.4, -0.2) is 9.13 Å². The Bertz CT molecular complexity index is 4900. The van der Waals surface area contributed by atoms with Gasteiger partial charge in [0.15, 0.2) is 0 Å². The van der Waals surface area contributed by atoms with Gasteiger partial charge in [0.25, 0.3) is 0 Å². The molecule has 13 aromatic carbocycles. The molecule has 0 radical (unpaired) electrons. The second kappa shape index (κ2) is 18.8. The number of fused-ring (bicyclic) bond motifs is 10. The van der Waals surface area contributed by atoms with Crippen LogP contribution in [0.3, 0.4) is 0 Å². The normalized spacial score (nSPS) is 12.9. The number of rotatable bonds is 10. The predicted octanol–water partition coefficient (Wildman–Crippen LogP) is 21.3. The van der Waals surface area contributed by atoms with Crippen molar-refractivity contribution in [2.24, 2.45) is 0 Å². The van der Waals surface area contributed by atoms with E-state index in [1.54, 1.807) is 0 Å². The Morgan fingerprint density at radius 2 is 0.602 bits per heavy atom. The van der Waals surface area contributed by atoms with Crippen LogP contribution in [0.25, 0.3) is 99.5 Å². The number of aromatic nitrogens is 2. The van der Waals surface area contributed by atoms with Gasteiger partial charge in [0.05, 0.1) is 44.8 Å². The summed E-state index contributed by atoms with van der Waals surface area (Å²) in [5.74, 6) is -0.212. The first-order chi connectivity index (χ1) is 41.2. The monoisotopic (exact) mass is 1060 g/mol. The maximum absolute atomic E-state index is 2.67. The van der Waals surface area contributed by atoms with Crippen LogP contribution >= 0.6 is 0 Å². The second-order valence-corrected chi connectivity index (χ2v) is 22.0. The third kappa shape index (κ3) is 7.33. The largest absolute Gasteiger partial charge is 0.308 e. The van der Waals surface area contributed by atoms with E-state index in [-0.39, 0.29) is 5.92 Å². The molecule has 4 nitrogen and oxygen atoms in total. The molecule has 2 aliphatic heterocycles. The van der Waals surface area contributed by atoms with Gasteiger partial charge in [-0.05, 0) is 159 Å². The fourth-order valence-electron chi connectivity index (χ4n) is 13.8. The lowest BCUT2D eigenvalue weighted by atomic mass is 9.75. The highest BCUT2D eigenvalue weighted by Gasteiger charge is 2.43. The lowest BCUT2D eigenvalue weighted by Gasteiger charge is -2.41. The highest BCUT2D eigenvalue weighted by atomic mass is 15.2. The van der Waals surface area contributed by atoms with Crippen LogP contribution in [0, 0.1) is 0 Å². The van der Waals surface area contributed by atoms with Crippen molar-refractivity contribution >= 4 is 77.7 Å². The molecule has 0 aliphatic carbocycles. The van der Waals surface area contributed by atoms with Gasteiger partial charge >= 0.3 is 0 Å². The highest BCUT2D eigenvalue weighted by Crippen LogP contribution is 2.62. The number of para-hydroxylation sites is 4. The smallest absolute Gasteiger partial charge is 0.0951 e. The van der Waals surface area contributed by atoms with E-state index in [2.05, 4.69) is 328 Å². The first-order valence-corrected chi connectivity index (χ1v) is 28.7. The molecule has 2 aromatic heterocycles. The van der Waals surface area contributed by atoms with E-state index in [0.29, 0.717) is 0 Å². The summed E-state index contributed by atoms with van der Waals surface area (Å²) in [4.78, 5) is 5.03. The van der Waals surface area contributed by atoms with Gasteiger partial charge < -0.3 is 18.9 Å². The predicted molar refractivity (Wildman–Crippen MR) is 347 cm³/mol. The molecule has 0 amide bonds. The van der Waals surface area contributed by atoms with Crippen molar-refractivity contribution in [2.75, 3.05) is 9.80 Å². The molecule has 17 rings (SSSR count). The van der Waals surface area contributed by atoms with Crippen molar-refractivity contribution in [1.82, 2.24) is 9.13 Å². The fourth-order valence-corrected chi connectivity index (χ4v) is 13.8. The maximum Gasteiger partial charge on any atom is 0.0951 e. The van der Waals surface area contributed by atoms with Crippen molar-refractivity contribution in [3.63, 3.8) is 0 Å². The summed E-state index contributed by atoms with van der Waals surface area (Å²) in [7, 11) is 0. The van der Waals surface area contributed by atoms with Crippen molar-refractivity contribution in [2.45, 2.75) is 5.92 Å². The zero-order chi connectivity index (χ0) is 54.5. The van der Waals surface area contributed by atoms with Gasteiger partial charge in [0.2, 0.25) is 0 Å². The molecule has 0 fully saturated rings. The average molecular weight is 1060 g/mol. The van der Waals surface area contributed by atoms with E-state index in [9.17, 15) is 0 Å². The zero-order valence-corrected chi connectivity index (χ0v) is 45.3. The Morgan fingerprint density at radius 1 is 0.265 bits per heavy atom. The summed E-state index contributed by atoms with van der Waals surface area (Å²) in [6, 6.07) is 115. The Labute approximate surface area is 481 Å². The molecule has 15 aromatic rings. The van der Waals surface area contributed by atoms with Crippen LogP contribution in [-0.2, 0) is 0 Å². The van der Waals surface area contributed by atoms with Gasteiger partial charge in [-0.1, -0.05) is 206 Å². The van der Waals surface area contributed by atoms with E-state index in [0.717, 1.165) is 51.0 Å². The maximum atomic E-state index is 2.67. The van der Waals surface area contributed by atoms with E-state index >= 15 is 0 Å². The Morgan fingerprint density at radius 3 is 1.01 bits per heavy atom. The van der Waals surface area contributed by atoms with E-state index in [1.165, 1.54) is 99.3 Å². The molecule has 2 aliphatic rings. The molecule has 1 unspecified atom stereocenters. The minimum atomic E-state index is -0.212. The Kier molecular flexibility index (Phi) is 10.7. The Hall–Kier alpha value is -10.9. The summed E-state index contributed by atoms with van der Waals surface area (Å²) in [6.45, 7) is 0. The van der Waals surface area contributed by atoms with Crippen molar-refractivity contribution in [3.8, 4) is 55.9 Å². The molecular weight excluding hydrogens is 1000 g/mol. The summed E-state index contributed by atoms with van der Waals surface area (Å²) in [5.41, 5.74) is 26.8. The SMILES string of the molecule is c1ccc(-c2ccc3c(c2)c2cc(-c4ccccc4)cc4c2n3-c2cc(N(c3ccccc3)c3ccccc3)c(N(c3ccccc3)c3ccccc3)c3c2C4c2cc(-c4ccccc4)cc4c5cc(-c6ccccc6)ccc5n-3c24)cc1. The van der Waals surface area contributed by atoms with Crippen molar-refractivity contribution in [1.29, 1.82) is 0 Å². The van der Waals surface area contributed by atoms with Crippen molar-refractivity contribution in [3.05, 3.63) is 326 Å². The lowest BCUT2D eigenvalue weighted by Crippen LogP contribution is -2.26. The third-order valence-corrected chi connectivity index (χ3v) is 17.4. The van der Waals surface area contributed by atoms with E-state index < -0.39 is 0 Å². The highest BCUT2D eigenvalue weighted by molar-refractivity contribution is 6.19. The number of hydrogen-bond donors (Lipinski definition) is 0. The Balaban J connectivity index is 1.13. The van der Waals surface area contributed by atoms with Gasteiger partial charge in [-0.3, -0.25) is 0 Å². The van der Waals surface area contributed by atoms with Crippen molar-refractivity contribution < 1.29 is 0 Å². The van der Waals surface area contributed by atoms with Gasteiger partial charge in [-0.25, -0.2) is 0 Å². The van der Waals surface area contributed by atoms with Gasteiger partial charge in [0, 0.05) is 55.8 Å². The molecular formula is C79H52N4. The minimum absolute atomic E-state index is 0.212. The van der Waals surface area contributed by atoms with E-state index in [4.69, 9.17) is 0 Å². The summed E-state index contributed by atoms with van der Waals surface area (Å²) in [6.07, 6.45) is 0. The first-order valence-electron chi connectivity index (χ1n) is 28.7. The summed E-state index contributed by atoms with van der Waals surface area (Å²) in [5, 5.41) is 4.89. The second-order valence-electron chi connectivity index (χ2n) is 22.0. The van der Waals surface area contributed by atoms with Crippen LogP contribution in [0.15, 0.2) is 309 Å². The molecule has 1 atom stereocenters. The molecule has 0 saturated carbocycles. The molecule has 0 saturated heterocycles. The molecule has 0 bridgehead atoms. The molecule has 4 heteroatoms. The van der Waals surface area contributed by atoms with Crippen LogP contribution in [0.5, 0.6) is 0 Å². The average Bonchev–Trinajstić information content (AvgIpc) is 2.99. The summed E-state index contributed by atoms with van der Waals surface area (Å²) < 4.78 is 5.31. The van der Waals surface area contributed by atoms with Crippen LogP contribution in [0.2, 0.25) is 0 Å². The standard InChI is InChI=1S/C79H52N4/c1-9-25-52(26-10-1)56-41-43-70-64(45-56)66-47-58(54-29-13-3-14-30-54)49-68-74-69-50-59(55-31-15-4-16-32-55)48-67-65-46-57(53-27-11-2-12-28-53)42-44-71(65)83(77(67)69)79-75(74)72(82(70)76(66)68)51-73(80(60-33-17-5-18-34-60)61-35-19-6-20-36-61)78(79)81(62-37-21-7-22-38-62)63-39-23-8-24-40-63/h1-51,74H. The summed E-state index contributed by atoms with van der Waals surface area (Å²) >= 11 is 0. The molecule has 0 N–H and O–H groups in total. The minimum Gasteiger partial charge on any atom is -0.308 e. The number of benzene rings is 13. The van der Waals surface area contributed by atoms with E-state index in [1.807, 2.05) is 0 Å². The van der Waals surface area contributed by atoms with Gasteiger partial charge in [-0.15, -0.1) is 0 Å². The topological polar surface area (TPSA) is 16.3 Å². The quantitative estimate of drug-likeness (QED) is 0.136. The third-order valence-electron chi connectivity index (χ3n) is 17.4. The first kappa shape index (κ1) is 46.9. The number of anilines is 6. The van der Waals surface area contributed by atoms with Gasteiger partial charge in [0.1, 0.15) is 0 Å². The van der Waals surface area contributed by atoms with Crippen LogP contribution < -0.4 is 9.80 Å². The molecule has 83 heavy (non-hydrogen) atoms. The fraction of sp³-hybridized carbons (Fsp3) is 0.0127. The van der Waals surface area contributed by atoms with Crippen LogP contribution in [0.1, 0.15) is 22.6 Å². The molecule has 388 valence electrons. The molecule has 4 heterocycles. The number of hydrogen-bond acceptors (Lipinski definition) is 2. The molecule has 0 spiro atoms. The zero-order valence-electron chi connectivity index (χ0n) is 45.3. The van der Waals surface area contributed by atoms with Gasteiger partial charge in [-0.2, -0.15) is 0 Å². The number of nitrogens with zero attached hydrogens (tertiary/aromatic N) is 4. The van der Waals surface area contributed by atoms with Crippen LogP contribution in [0.4, 0.5) is 34.1 Å². The lowest BCUT2D eigenvalue weighted by molar-refractivity contribution is 0.883.